The molecule has 4 rings (SSSR count). The second-order valence-corrected chi connectivity index (χ2v) is 7.29. The topological polar surface area (TPSA) is 59.9 Å². The number of ether oxygens (including phenoxy) is 1. The van der Waals surface area contributed by atoms with E-state index in [9.17, 15) is 0 Å². The van der Waals surface area contributed by atoms with Crippen LogP contribution >= 0.6 is 11.3 Å². The number of rotatable bonds is 5. The van der Waals surface area contributed by atoms with Crippen LogP contribution in [0.1, 0.15) is 18.3 Å². The van der Waals surface area contributed by atoms with E-state index in [1.54, 1.807) is 11.3 Å². The summed E-state index contributed by atoms with van der Waals surface area (Å²) < 4.78 is 6.65. The van der Waals surface area contributed by atoms with Crippen molar-refractivity contribution in [3.8, 4) is 17.0 Å². The lowest BCUT2D eigenvalue weighted by atomic mass is 10.1. The van der Waals surface area contributed by atoms with Gasteiger partial charge in [0.2, 0.25) is 0 Å². The predicted octanol–water partition coefficient (Wildman–Crippen LogP) is 5.51. The number of nitrogens with zero attached hydrogens (tertiary/aromatic N) is 3. The van der Waals surface area contributed by atoms with Gasteiger partial charge in [-0.2, -0.15) is 0 Å². The maximum atomic E-state index is 5.57. The maximum Gasteiger partial charge on any atom is 0.189 e. The molecule has 1 N–H and O–H groups in total. The summed E-state index contributed by atoms with van der Waals surface area (Å²) in [5.74, 6) is 2.32. The minimum Gasteiger partial charge on any atom is -0.494 e. The van der Waals surface area contributed by atoms with Crippen LogP contribution in [0.5, 0.6) is 5.75 Å². The van der Waals surface area contributed by atoms with Crippen molar-refractivity contribution in [2.24, 2.45) is 0 Å². The Balaban J connectivity index is 1.64. The van der Waals surface area contributed by atoms with Gasteiger partial charge in [0.25, 0.3) is 0 Å². The molecule has 0 aliphatic rings. The Morgan fingerprint density at radius 3 is 2.56 bits per heavy atom. The number of fused-ring (bicyclic) bond motifs is 1. The Bertz CT molecular complexity index is 1090. The molecule has 2 heterocycles. The van der Waals surface area contributed by atoms with E-state index in [2.05, 4.69) is 51.5 Å². The minimum absolute atomic E-state index is 0.650. The lowest BCUT2D eigenvalue weighted by Crippen LogP contribution is -1.98. The molecular formula is C21H20N4OS. The Kier molecular flexibility index (Phi) is 4.73. The van der Waals surface area contributed by atoms with Crippen molar-refractivity contribution < 1.29 is 4.74 Å². The fourth-order valence-corrected chi connectivity index (χ4v) is 3.73. The van der Waals surface area contributed by atoms with Gasteiger partial charge in [-0.05, 0) is 39.0 Å². The summed E-state index contributed by atoms with van der Waals surface area (Å²) in [7, 11) is 0. The van der Waals surface area contributed by atoms with Gasteiger partial charge in [-0.1, -0.05) is 41.2 Å². The van der Waals surface area contributed by atoms with Crippen molar-refractivity contribution in [3.05, 3.63) is 59.9 Å². The molecule has 0 aliphatic heterocycles. The standard InChI is InChI=1S/C21H20N4OS/c1-4-26-16-9-10-17-19(11-16)27-21(24-17)25-20-12-18(22-14(3)23-20)15-7-5-13(2)6-8-15/h5-12H,4H2,1-3H3,(H,22,23,24,25). The van der Waals surface area contributed by atoms with E-state index in [4.69, 9.17) is 4.74 Å². The Labute approximate surface area is 162 Å². The highest BCUT2D eigenvalue weighted by Gasteiger charge is 2.09. The predicted molar refractivity (Wildman–Crippen MR) is 111 cm³/mol. The summed E-state index contributed by atoms with van der Waals surface area (Å²) >= 11 is 1.58. The van der Waals surface area contributed by atoms with Crippen molar-refractivity contribution in [1.82, 2.24) is 15.0 Å². The van der Waals surface area contributed by atoms with Gasteiger partial charge in [0.15, 0.2) is 5.13 Å². The summed E-state index contributed by atoms with van der Waals surface area (Å²) in [4.78, 5) is 13.7. The molecule has 0 amide bonds. The molecule has 0 fully saturated rings. The first-order chi connectivity index (χ1) is 13.1. The van der Waals surface area contributed by atoms with Gasteiger partial charge in [0.05, 0.1) is 22.5 Å². The summed E-state index contributed by atoms with van der Waals surface area (Å²) in [6.45, 7) is 6.60. The van der Waals surface area contributed by atoms with Gasteiger partial charge >= 0.3 is 0 Å². The Morgan fingerprint density at radius 1 is 0.963 bits per heavy atom. The zero-order valence-corrected chi connectivity index (χ0v) is 16.3. The van der Waals surface area contributed by atoms with Crippen LogP contribution in [-0.4, -0.2) is 21.6 Å². The molecule has 2 aromatic carbocycles. The highest BCUT2D eigenvalue weighted by molar-refractivity contribution is 7.22. The van der Waals surface area contributed by atoms with E-state index in [0.717, 1.165) is 44.0 Å². The van der Waals surface area contributed by atoms with Crippen LogP contribution in [0.15, 0.2) is 48.5 Å². The van der Waals surface area contributed by atoms with Gasteiger partial charge in [-0.25, -0.2) is 15.0 Å². The summed E-state index contributed by atoms with van der Waals surface area (Å²) in [6, 6.07) is 16.2. The number of benzene rings is 2. The van der Waals surface area contributed by atoms with Crippen molar-refractivity contribution in [2.75, 3.05) is 11.9 Å². The van der Waals surface area contributed by atoms with Crippen LogP contribution in [0.3, 0.4) is 0 Å². The van der Waals surface area contributed by atoms with Gasteiger partial charge in [0, 0.05) is 11.6 Å². The molecule has 0 saturated carbocycles. The summed E-state index contributed by atoms with van der Waals surface area (Å²) in [6.07, 6.45) is 0. The fraction of sp³-hybridized carbons (Fsp3) is 0.190. The highest BCUT2D eigenvalue weighted by atomic mass is 32.1. The normalized spacial score (nSPS) is 10.9. The third kappa shape index (κ3) is 3.90. The van der Waals surface area contributed by atoms with E-state index in [-0.39, 0.29) is 0 Å². The van der Waals surface area contributed by atoms with Crippen LogP contribution in [-0.2, 0) is 0 Å². The second kappa shape index (κ2) is 7.32. The van der Waals surface area contributed by atoms with Crippen LogP contribution in [0.2, 0.25) is 0 Å². The van der Waals surface area contributed by atoms with Crippen LogP contribution in [0.25, 0.3) is 21.5 Å². The lowest BCUT2D eigenvalue weighted by Gasteiger charge is -2.07. The van der Waals surface area contributed by atoms with Crippen LogP contribution < -0.4 is 10.1 Å². The average Bonchev–Trinajstić information content (AvgIpc) is 3.03. The SMILES string of the molecule is CCOc1ccc2nc(Nc3cc(-c4ccc(C)cc4)nc(C)n3)sc2c1. The number of aromatic nitrogens is 3. The van der Waals surface area contributed by atoms with Gasteiger partial charge in [-0.3, -0.25) is 0 Å². The van der Waals surface area contributed by atoms with Gasteiger partial charge < -0.3 is 10.1 Å². The number of aryl methyl sites for hydroxylation is 2. The molecule has 136 valence electrons. The molecule has 4 aromatic rings. The molecule has 0 atom stereocenters. The minimum atomic E-state index is 0.650. The van der Waals surface area contributed by atoms with E-state index in [1.165, 1.54) is 5.56 Å². The molecule has 0 saturated heterocycles. The van der Waals surface area contributed by atoms with E-state index < -0.39 is 0 Å². The van der Waals surface area contributed by atoms with Gasteiger partial charge in [-0.15, -0.1) is 0 Å². The molecule has 0 spiro atoms. The van der Waals surface area contributed by atoms with Crippen LogP contribution in [0, 0.1) is 13.8 Å². The monoisotopic (exact) mass is 376 g/mol. The van der Waals surface area contributed by atoms with Crippen molar-refractivity contribution >= 4 is 32.5 Å². The zero-order chi connectivity index (χ0) is 18.8. The Hall–Kier alpha value is -2.99. The van der Waals surface area contributed by atoms with E-state index in [0.29, 0.717) is 6.61 Å². The van der Waals surface area contributed by atoms with Crippen molar-refractivity contribution in [1.29, 1.82) is 0 Å². The number of anilines is 2. The lowest BCUT2D eigenvalue weighted by molar-refractivity contribution is 0.341. The number of hydrogen-bond acceptors (Lipinski definition) is 6. The first kappa shape index (κ1) is 17.4. The summed E-state index contributed by atoms with van der Waals surface area (Å²) in [5, 5.41) is 4.12. The van der Waals surface area contributed by atoms with Crippen LogP contribution in [0.4, 0.5) is 10.9 Å². The molecule has 27 heavy (non-hydrogen) atoms. The first-order valence-electron chi connectivity index (χ1n) is 8.84. The third-order valence-corrected chi connectivity index (χ3v) is 5.02. The molecule has 5 nitrogen and oxygen atoms in total. The Morgan fingerprint density at radius 2 is 1.78 bits per heavy atom. The molecule has 0 unspecified atom stereocenters. The fourth-order valence-electron chi connectivity index (χ4n) is 2.83. The van der Waals surface area contributed by atoms with Gasteiger partial charge in [0.1, 0.15) is 17.4 Å². The largest absolute Gasteiger partial charge is 0.494 e. The summed E-state index contributed by atoms with van der Waals surface area (Å²) in [5.41, 5.74) is 4.13. The quantitative estimate of drug-likeness (QED) is 0.497. The zero-order valence-electron chi connectivity index (χ0n) is 15.5. The van der Waals surface area contributed by atoms with Crippen molar-refractivity contribution in [3.63, 3.8) is 0 Å². The van der Waals surface area contributed by atoms with Crippen molar-refractivity contribution in [2.45, 2.75) is 20.8 Å². The third-order valence-electron chi connectivity index (χ3n) is 4.09. The number of hydrogen-bond donors (Lipinski definition) is 1. The average molecular weight is 376 g/mol. The smallest absolute Gasteiger partial charge is 0.189 e. The molecule has 0 radical (unpaired) electrons. The maximum absolute atomic E-state index is 5.57. The first-order valence-corrected chi connectivity index (χ1v) is 9.65. The molecule has 6 heteroatoms. The van der Waals surface area contributed by atoms with E-state index in [1.807, 2.05) is 38.1 Å². The van der Waals surface area contributed by atoms with E-state index >= 15 is 0 Å². The molecule has 0 aliphatic carbocycles. The number of thiazole rings is 1. The second-order valence-electron chi connectivity index (χ2n) is 6.26. The highest BCUT2D eigenvalue weighted by Crippen LogP contribution is 2.31. The molecule has 2 aromatic heterocycles. The molecule has 0 bridgehead atoms. The number of nitrogens with one attached hydrogen (secondary N) is 1. The molecular weight excluding hydrogens is 356 g/mol.